The number of hydrogen-bond acceptors (Lipinski definition) is 11. The number of anilines is 1. The van der Waals surface area contributed by atoms with Crippen molar-refractivity contribution in [3.05, 3.63) is 39.7 Å². The van der Waals surface area contributed by atoms with E-state index < -0.39 is 58.0 Å². The van der Waals surface area contributed by atoms with E-state index in [9.17, 15) is 34.8 Å². The van der Waals surface area contributed by atoms with Gasteiger partial charge in [0, 0.05) is 43.4 Å². The standard InChI is InChI=1S/C25H32N4O8/c1-28(2)14-8-11(9-27-37-5)19(30)16-12(14)6-10-7-13-18(29(3)4)21(32)17(24(26)35)23(34)25(13,36)22(33)15(10)20(16)31/h8,10,13,18,27,30-31,34,36H,6-7,9H2,1-5H3,(H2,26,35)/t10?,13?,18-,25-/m0/s1. The molecule has 0 spiro atoms. The molecule has 4 atom stereocenters. The van der Waals surface area contributed by atoms with Gasteiger partial charge in [-0.15, -0.1) is 0 Å². The molecule has 0 bridgehead atoms. The summed E-state index contributed by atoms with van der Waals surface area (Å²) in [5.41, 5.74) is 6.01. The molecule has 1 aromatic carbocycles. The van der Waals surface area contributed by atoms with E-state index in [2.05, 4.69) is 5.48 Å². The fourth-order valence-corrected chi connectivity index (χ4v) is 6.03. The molecule has 0 saturated heterocycles. The average Bonchev–Trinajstić information content (AvgIpc) is 2.80. The molecule has 3 aliphatic rings. The lowest BCUT2D eigenvalue weighted by Gasteiger charge is -2.50. The normalized spacial score (nSPS) is 27.3. The Balaban J connectivity index is 1.98. The summed E-state index contributed by atoms with van der Waals surface area (Å²) in [6, 6.07) is 0.626. The first-order valence-electron chi connectivity index (χ1n) is 11.7. The topological polar surface area (TPSA) is 186 Å². The minimum absolute atomic E-state index is 0.0341. The van der Waals surface area contributed by atoms with Crippen molar-refractivity contribution in [2.45, 2.75) is 31.0 Å². The number of phenolic OH excluding ortho intramolecular Hbond substituents is 1. The zero-order valence-electron chi connectivity index (χ0n) is 21.3. The minimum Gasteiger partial charge on any atom is -0.508 e. The SMILES string of the molecule is CONCc1cc(N(C)C)c2c(c1O)C(O)=C1C(=O)[C@]3(O)C(O)=C(C(N)=O)C(=O)[C@@H](N(C)C)C3CC1C2. The Morgan fingerprint density at radius 3 is 2.41 bits per heavy atom. The van der Waals surface area contributed by atoms with Crippen LogP contribution in [0.3, 0.4) is 0 Å². The lowest BCUT2D eigenvalue weighted by molar-refractivity contribution is -0.153. The number of rotatable bonds is 6. The smallest absolute Gasteiger partial charge is 0.255 e. The zero-order valence-corrected chi connectivity index (χ0v) is 21.3. The van der Waals surface area contributed by atoms with Crippen LogP contribution >= 0.6 is 0 Å². The summed E-state index contributed by atoms with van der Waals surface area (Å²) in [6.07, 6.45) is 0.250. The second-order valence-electron chi connectivity index (χ2n) is 10.1. The maximum atomic E-state index is 13.9. The summed E-state index contributed by atoms with van der Waals surface area (Å²) in [4.78, 5) is 47.3. The number of likely N-dealkylation sites (N-methyl/N-ethyl adjacent to an activating group) is 1. The number of ketones is 2. The van der Waals surface area contributed by atoms with Crippen molar-refractivity contribution in [2.75, 3.05) is 40.2 Å². The van der Waals surface area contributed by atoms with Crippen molar-refractivity contribution in [3.8, 4) is 5.75 Å². The number of nitrogens with one attached hydrogen (secondary N) is 1. The van der Waals surface area contributed by atoms with E-state index in [-0.39, 0.29) is 36.3 Å². The van der Waals surface area contributed by atoms with Crippen LogP contribution in [-0.4, -0.2) is 89.7 Å². The Morgan fingerprint density at radius 1 is 1.22 bits per heavy atom. The van der Waals surface area contributed by atoms with Crippen LogP contribution in [0.15, 0.2) is 23.0 Å². The molecule has 1 aromatic rings. The van der Waals surface area contributed by atoms with E-state index in [1.54, 1.807) is 34.3 Å². The highest BCUT2D eigenvalue weighted by molar-refractivity contribution is 6.24. The molecule has 12 heteroatoms. The first kappa shape index (κ1) is 26.6. The van der Waals surface area contributed by atoms with Crippen molar-refractivity contribution >= 4 is 28.9 Å². The molecule has 0 heterocycles. The highest BCUT2D eigenvalue weighted by atomic mass is 16.6. The van der Waals surface area contributed by atoms with Crippen LogP contribution in [-0.2, 0) is 32.2 Å². The van der Waals surface area contributed by atoms with E-state index in [0.717, 1.165) is 0 Å². The number of Topliss-reactive ketones (excluding diaryl/α,β-unsaturated/α-hetero) is 2. The van der Waals surface area contributed by atoms with Gasteiger partial charge >= 0.3 is 0 Å². The van der Waals surface area contributed by atoms with Crippen LogP contribution < -0.4 is 16.1 Å². The van der Waals surface area contributed by atoms with Crippen LogP contribution in [0.2, 0.25) is 0 Å². The highest BCUT2D eigenvalue weighted by Crippen LogP contribution is 2.54. The molecule has 0 radical (unpaired) electrons. The van der Waals surface area contributed by atoms with E-state index in [0.29, 0.717) is 16.8 Å². The average molecular weight is 517 g/mol. The number of nitrogens with two attached hydrogens (primary N) is 1. The molecule has 7 N–H and O–H groups in total. The van der Waals surface area contributed by atoms with Gasteiger partial charge in [0.25, 0.3) is 5.91 Å². The zero-order chi connectivity index (χ0) is 27.6. The maximum Gasteiger partial charge on any atom is 0.255 e. The molecule has 0 aromatic heterocycles. The molecule has 37 heavy (non-hydrogen) atoms. The lowest BCUT2D eigenvalue weighted by Crippen LogP contribution is -2.65. The molecule has 1 amide bonds. The number of carbonyl (C=O) groups excluding carboxylic acids is 3. The Kier molecular flexibility index (Phi) is 6.57. The number of fused-ring (bicyclic) bond motifs is 3. The fourth-order valence-electron chi connectivity index (χ4n) is 6.03. The molecule has 200 valence electrons. The predicted molar refractivity (Wildman–Crippen MR) is 132 cm³/mol. The van der Waals surface area contributed by atoms with Gasteiger partial charge in [-0.2, -0.15) is 5.48 Å². The molecule has 0 aliphatic heterocycles. The largest absolute Gasteiger partial charge is 0.508 e. The highest BCUT2D eigenvalue weighted by Gasteiger charge is 2.64. The molecular formula is C25H32N4O8. The number of aromatic hydroxyl groups is 1. The predicted octanol–water partition coefficient (Wildman–Crippen LogP) is -0.319. The first-order valence-corrected chi connectivity index (χ1v) is 11.7. The third-order valence-electron chi connectivity index (χ3n) is 7.66. The molecule has 12 nitrogen and oxygen atoms in total. The molecule has 3 aliphatic carbocycles. The Morgan fingerprint density at radius 2 is 1.86 bits per heavy atom. The van der Waals surface area contributed by atoms with Gasteiger partial charge in [0.15, 0.2) is 11.4 Å². The van der Waals surface area contributed by atoms with Gasteiger partial charge in [-0.3, -0.25) is 19.3 Å². The summed E-state index contributed by atoms with van der Waals surface area (Å²) in [5, 5.41) is 45.1. The van der Waals surface area contributed by atoms with Crippen molar-refractivity contribution < 1.29 is 39.6 Å². The number of hydrogen-bond donors (Lipinski definition) is 6. The van der Waals surface area contributed by atoms with Gasteiger partial charge in [-0.05, 0) is 44.5 Å². The van der Waals surface area contributed by atoms with Crippen LogP contribution in [0.5, 0.6) is 5.75 Å². The number of phenols is 1. The van der Waals surface area contributed by atoms with E-state index >= 15 is 0 Å². The van der Waals surface area contributed by atoms with E-state index in [1.165, 1.54) is 12.0 Å². The van der Waals surface area contributed by atoms with Crippen LogP contribution in [0.4, 0.5) is 5.69 Å². The van der Waals surface area contributed by atoms with E-state index in [1.807, 2.05) is 4.90 Å². The van der Waals surface area contributed by atoms with Gasteiger partial charge in [-0.1, -0.05) is 0 Å². The van der Waals surface area contributed by atoms with Gasteiger partial charge in [0.05, 0.1) is 18.7 Å². The number of benzene rings is 1. The van der Waals surface area contributed by atoms with Crippen molar-refractivity contribution in [1.82, 2.24) is 10.4 Å². The lowest BCUT2D eigenvalue weighted by atomic mass is 9.57. The summed E-state index contributed by atoms with van der Waals surface area (Å²) in [5.74, 6) is -6.76. The minimum atomic E-state index is -2.67. The van der Waals surface area contributed by atoms with Crippen LogP contribution in [0, 0.1) is 11.8 Å². The Labute approximate surface area is 213 Å². The molecule has 2 unspecified atom stereocenters. The Hall–Kier alpha value is -3.45. The third kappa shape index (κ3) is 3.71. The Bertz CT molecular complexity index is 1270. The number of nitrogens with zero attached hydrogens (tertiary/aromatic N) is 2. The summed E-state index contributed by atoms with van der Waals surface area (Å²) >= 11 is 0. The second kappa shape index (κ2) is 9.14. The van der Waals surface area contributed by atoms with Gasteiger partial charge in [0.1, 0.15) is 22.8 Å². The van der Waals surface area contributed by atoms with Crippen molar-refractivity contribution in [3.63, 3.8) is 0 Å². The second-order valence-corrected chi connectivity index (χ2v) is 10.1. The van der Waals surface area contributed by atoms with E-state index in [4.69, 9.17) is 10.6 Å². The number of amides is 1. The quantitative estimate of drug-likeness (QED) is 0.215. The molecule has 4 rings (SSSR count). The van der Waals surface area contributed by atoms with Gasteiger partial charge < -0.3 is 35.9 Å². The fraction of sp³-hybridized carbons (Fsp3) is 0.480. The van der Waals surface area contributed by atoms with Crippen molar-refractivity contribution in [2.24, 2.45) is 17.6 Å². The van der Waals surface area contributed by atoms with Gasteiger partial charge in [0.2, 0.25) is 5.78 Å². The number of carbonyl (C=O) groups is 3. The van der Waals surface area contributed by atoms with Crippen LogP contribution in [0.1, 0.15) is 23.1 Å². The van der Waals surface area contributed by atoms with Crippen molar-refractivity contribution in [1.29, 1.82) is 0 Å². The number of hydroxylamine groups is 1. The van der Waals surface area contributed by atoms with Gasteiger partial charge in [-0.25, -0.2) is 0 Å². The number of aliphatic hydroxyl groups is 3. The number of aliphatic hydroxyl groups excluding tert-OH is 2. The summed E-state index contributed by atoms with van der Waals surface area (Å²) in [6.45, 7) is 0.0978. The first-order chi connectivity index (χ1) is 17.3. The summed E-state index contributed by atoms with van der Waals surface area (Å²) in [7, 11) is 8.14. The molecular weight excluding hydrogens is 484 g/mol. The summed E-state index contributed by atoms with van der Waals surface area (Å²) < 4.78 is 0. The number of primary amides is 1. The molecule has 1 fully saturated rings. The third-order valence-corrected chi connectivity index (χ3v) is 7.66. The molecule has 1 saturated carbocycles. The van der Waals surface area contributed by atoms with Crippen LogP contribution in [0.25, 0.3) is 5.76 Å². The maximum absolute atomic E-state index is 13.9. The monoisotopic (exact) mass is 516 g/mol.